The van der Waals surface area contributed by atoms with Crippen molar-refractivity contribution in [3.05, 3.63) is 0 Å². The second-order valence-corrected chi connectivity index (χ2v) is 17.9. The van der Waals surface area contributed by atoms with Gasteiger partial charge >= 0.3 is 9.28 Å². The van der Waals surface area contributed by atoms with Gasteiger partial charge in [-0.15, -0.1) is 0 Å². The third kappa shape index (κ3) is 19.6. The Morgan fingerprint density at radius 3 is 1.77 bits per heavy atom. The first-order chi connectivity index (χ1) is 16.9. The Kier molecular flexibility index (Phi) is 20.5. The maximum absolute atomic E-state index is 12.1. The molecule has 2 unspecified atom stereocenters. The van der Waals surface area contributed by atoms with E-state index in [2.05, 4.69) is 20.0 Å². The molecule has 2 atom stereocenters. The topological polar surface area (TPSA) is 44.8 Å². The van der Waals surface area contributed by atoms with Gasteiger partial charge in [0, 0.05) is 13.2 Å². The van der Waals surface area contributed by atoms with Crippen LogP contribution in [0.4, 0.5) is 0 Å². The fourth-order valence-electron chi connectivity index (χ4n) is 4.89. The zero-order valence-electron chi connectivity index (χ0n) is 24.1. The molecule has 2 rings (SSSR count). The molecule has 6 heteroatoms. The SMILES string of the molecule is CCCCCCCCCCCCCCCCC(C)C(=O)O[SiH]1CCCCO1.C[Si]1(C)CCCCO1. The highest BCUT2D eigenvalue weighted by atomic mass is 28.4. The molecule has 0 saturated carbocycles. The summed E-state index contributed by atoms with van der Waals surface area (Å²) in [7, 11) is -2.76. The maximum atomic E-state index is 12.1. The van der Waals surface area contributed by atoms with Gasteiger partial charge in [0.05, 0.1) is 5.92 Å². The van der Waals surface area contributed by atoms with E-state index in [4.69, 9.17) is 13.3 Å². The molecule has 0 aromatic carbocycles. The summed E-state index contributed by atoms with van der Waals surface area (Å²) in [6.45, 7) is 10.7. The highest BCUT2D eigenvalue weighted by Gasteiger charge is 2.25. The van der Waals surface area contributed by atoms with Gasteiger partial charge in [0.1, 0.15) is 0 Å². The van der Waals surface area contributed by atoms with Gasteiger partial charge in [-0.05, 0) is 50.9 Å². The van der Waals surface area contributed by atoms with Crippen molar-refractivity contribution in [1.82, 2.24) is 0 Å². The molecule has 0 amide bonds. The number of hydrogen-bond donors (Lipinski definition) is 0. The lowest BCUT2D eigenvalue weighted by atomic mass is 10.0. The highest BCUT2D eigenvalue weighted by Crippen LogP contribution is 2.20. The van der Waals surface area contributed by atoms with E-state index in [0.717, 1.165) is 44.9 Å². The van der Waals surface area contributed by atoms with E-state index >= 15 is 0 Å². The molecular weight excluding hydrogens is 468 g/mol. The van der Waals surface area contributed by atoms with Crippen molar-refractivity contribution in [1.29, 1.82) is 0 Å². The Bertz CT molecular complexity index is 487. The standard InChI is InChI=1S/C23H46O3Si.C6H14OSi/c1-3-4-5-6-7-8-9-10-11-12-13-14-15-16-19-22(2)23(24)26-27-21-18-17-20-25-27;1-8(2)6-4-3-5-7-8/h22,27H,3-21H2,1-2H3;3-6H2,1-2H3. The van der Waals surface area contributed by atoms with Gasteiger partial charge in [0.15, 0.2) is 8.32 Å². The summed E-state index contributed by atoms with van der Waals surface area (Å²) in [4.78, 5) is 12.1. The average Bonchev–Trinajstić information content (AvgIpc) is 2.85. The van der Waals surface area contributed by atoms with Crippen LogP contribution in [-0.2, 0) is 18.1 Å². The Labute approximate surface area is 221 Å². The van der Waals surface area contributed by atoms with Crippen LogP contribution >= 0.6 is 0 Å². The summed E-state index contributed by atoms with van der Waals surface area (Å²) >= 11 is 0. The van der Waals surface area contributed by atoms with E-state index in [1.807, 2.05) is 6.92 Å². The number of hydrogen-bond acceptors (Lipinski definition) is 4. The minimum Gasteiger partial charge on any atom is -0.496 e. The third-order valence-corrected chi connectivity index (χ3v) is 12.0. The number of rotatable bonds is 17. The Morgan fingerprint density at radius 1 is 0.800 bits per heavy atom. The van der Waals surface area contributed by atoms with Crippen LogP contribution in [0.15, 0.2) is 0 Å². The molecule has 2 fully saturated rings. The van der Waals surface area contributed by atoms with Gasteiger partial charge in [-0.3, -0.25) is 4.79 Å². The predicted molar refractivity (Wildman–Crippen MR) is 155 cm³/mol. The van der Waals surface area contributed by atoms with E-state index in [9.17, 15) is 4.79 Å². The predicted octanol–water partition coefficient (Wildman–Crippen LogP) is 9.07. The fraction of sp³-hybridized carbons (Fsp3) is 0.966. The first-order valence-corrected chi connectivity index (χ1v) is 20.3. The molecule has 35 heavy (non-hydrogen) atoms. The van der Waals surface area contributed by atoms with Gasteiger partial charge in [0.25, 0.3) is 5.97 Å². The van der Waals surface area contributed by atoms with Crippen molar-refractivity contribution in [2.24, 2.45) is 5.92 Å². The van der Waals surface area contributed by atoms with Crippen LogP contribution in [-0.4, -0.2) is 36.8 Å². The average molecular weight is 529 g/mol. The van der Waals surface area contributed by atoms with Crippen molar-refractivity contribution in [2.45, 2.75) is 161 Å². The lowest BCUT2D eigenvalue weighted by Gasteiger charge is -2.27. The molecule has 0 N–H and O–H groups in total. The summed E-state index contributed by atoms with van der Waals surface area (Å²) in [6.07, 6.45) is 25.2. The van der Waals surface area contributed by atoms with Gasteiger partial charge in [-0.2, -0.15) is 0 Å². The van der Waals surface area contributed by atoms with Crippen LogP contribution in [0.2, 0.25) is 25.2 Å². The largest absolute Gasteiger partial charge is 0.496 e. The van der Waals surface area contributed by atoms with Crippen molar-refractivity contribution in [3.8, 4) is 0 Å². The Hall–Kier alpha value is -0.176. The molecule has 0 aliphatic carbocycles. The van der Waals surface area contributed by atoms with E-state index in [1.165, 1.54) is 102 Å². The lowest BCUT2D eigenvalue weighted by molar-refractivity contribution is -0.140. The maximum Gasteiger partial charge on any atom is 0.385 e. The first kappa shape index (κ1) is 32.9. The van der Waals surface area contributed by atoms with Crippen molar-refractivity contribution >= 4 is 23.6 Å². The Balaban J connectivity index is 0.000000642. The third-order valence-electron chi connectivity index (χ3n) is 7.44. The molecule has 0 aromatic rings. The van der Waals surface area contributed by atoms with Crippen LogP contribution in [0.5, 0.6) is 0 Å². The number of carbonyl (C=O) groups is 1. The second kappa shape index (κ2) is 21.9. The Morgan fingerprint density at radius 2 is 1.34 bits per heavy atom. The van der Waals surface area contributed by atoms with E-state index in [-0.39, 0.29) is 11.9 Å². The molecule has 2 saturated heterocycles. The fourth-order valence-corrected chi connectivity index (χ4v) is 8.72. The molecule has 0 radical (unpaired) electrons. The van der Waals surface area contributed by atoms with Gasteiger partial charge < -0.3 is 13.3 Å². The zero-order chi connectivity index (χ0) is 25.6. The molecule has 2 aliphatic heterocycles. The smallest absolute Gasteiger partial charge is 0.385 e. The molecule has 0 spiro atoms. The zero-order valence-corrected chi connectivity index (χ0v) is 26.2. The normalized spacial score (nSPS) is 20.5. The molecular formula is C29H60O4Si2. The quantitative estimate of drug-likeness (QED) is 0.139. The van der Waals surface area contributed by atoms with Crippen LogP contribution in [0.25, 0.3) is 0 Å². The number of unbranched alkanes of at least 4 members (excludes halogenated alkanes) is 13. The van der Waals surface area contributed by atoms with Gasteiger partial charge in [0.2, 0.25) is 0 Å². The second-order valence-electron chi connectivity index (χ2n) is 11.6. The minimum atomic E-state index is -1.67. The molecule has 208 valence electrons. The first-order valence-electron chi connectivity index (χ1n) is 15.4. The van der Waals surface area contributed by atoms with Crippen LogP contribution in [0.1, 0.15) is 136 Å². The number of carbonyl (C=O) groups excluding carboxylic acids is 1. The minimum absolute atomic E-state index is 0.0109. The summed E-state index contributed by atoms with van der Waals surface area (Å²) < 4.78 is 16.8. The summed E-state index contributed by atoms with van der Waals surface area (Å²) in [6, 6.07) is 2.37. The monoisotopic (exact) mass is 528 g/mol. The molecule has 4 nitrogen and oxygen atoms in total. The van der Waals surface area contributed by atoms with Crippen molar-refractivity contribution in [2.75, 3.05) is 13.2 Å². The summed E-state index contributed by atoms with van der Waals surface area (Å²) in [5, 5.41) is 0. The molecule has 0 bridgehead atoms. The lowest BCUT2D eigenvalue weighted by Crippen LogP contribution is -2.33. The molecule has 2 aliphatic rings. The van der Waals surface area contributed by atoms with E-state index < -0.39 is 17.6 Å². The van der Waals surface area contributed by atoms with Crippen LogP contribution in [0, 0.1) is 5.92 Å². The van der Waals surface area contributed by atoms with Crippen molar-refractivity contribution < 1.29 is 18.1 Å². The van der Waals surface area contributed by atoms with Gasteiger partial charge in [-0.1, -0.05) is 110 Å². The molecule has 2 heterocycles. The van der Waals surface area contributed by atoms with Crippen LogP contribution < -0.4 is 0 Å². The molecule has 0 aromatic heterocycles. The van der Waals surface area contributed by atoms with Crippen molar-refractivity contribution in [3.63, 3.8) is 0 Å². The highest BCUT2D eigenvalue weighted by molar-refractivity contribution is 6.71. The van der Waals surface area contributed by atoms with Crippen LogP contribution in [0.3, 0.4) is 0 Å². The van der Waals surface area contributed by atoms with Gasteiger partial charge in [-0.25, -0.2) is 0 Å². The summed E-state index contributed by atoms with van der Waals surface area (Å²) in [5.74, 6) is 0.0311. The van der Waals surface area contributed by atoms with E-state index in [1.54, 1.807) is 0 Å². The van der Waals surface area contributed by atoms with E-state index in [0.29, 0.717) is 0 Å². The summed E-state index contributed by atoms with van der Waals surface area (Å²) in [5.41, 5.74) is 0.